The SMILES string of the molecule is CCOc1ccc(Cc2cc([C@]3(OC)O[C@H](C(O)C(OC[C@H]4O[C@@](OC)(c5ccc(Cl)c(Cc6ccc(OCC)c(F)c6)c5)[C@H](OCc5ccccc5)[C@@H](OCc5ccccc5)[C@@H]4OCc4ccccc4)C(C)(C)[Si](C)C)[C@@H](OCc4ccccc4)[C@H](OCc4ccccc4)[C@H]3OCc3ccccc3)ccc2Cl)cc1F. The first kappa shape index (κ1) is 82.4. The average Bonchev–Trinajstić information content (AvgIpc) is 0.739. The summed E-state index contributed by atoms with van der Waals surface area (Å²) < 4.78 is 124. The van der Waals surface area contributed by atoms with Crippen LogP contribution in [0.1, 0.15) is 94.5 Å². The van der Waals surface area contributed by atoms with Crippen LogP contribution in [0.4, 0.5) is 8.78 Å². The Bertz CT molecular complexity index is 4520. The molecular formula is C92H99Cl2F2O14Si. The molecule has 14 nitrogen and oxygen atoms in total. The van der Waals surface area contributed by atoms with Gasteiger partial charge < -0.3 is 66.7 Å². The van der Waals surface area contributed by atoms with Crippen molar-refractivity contribution in [2.24, 2.45) is 0 Å². The number of hydrogen-bond acceptors (Lipinski definition) is 14. The van der Waals surface area contributed by atoms with Gasteiger partial charge in [0, 0.05) is 35.4 Å². The molecule has 10 aromatic carbocycles. The normalized spacial score (nSPS) is 21.9. The Morgan fingerprint density at radius 2 is 0.775 bits per heavy atom. The maximum absolute atomic E-state index is 15.8. The minimum Gasteiger partial charge on any atom is -0.491 e. The van der Waals surface area contributed by atoms with Gasteiger partial charge in [-0.1, -0.05) is 256 Å². The van der Waals surface area contributed by atoms with Crippen molar-refractivity contribution in [3.05, 3.63) is 343 Å². The number of aliphatic hydroxyl groups is 1. The Kier molecular flexibility index (Phi) is 29.1. The van der Waals surface area contributed by atoms with Gasteiger partial charge in [0.25, 0.3) is 0 Å². The molecule has 0 bridgehead atoms. The summed E-state index contributed by atoms with van der Waals surface area (Å²) in [6.45, 7) is 13.0. The molecular weight excluding hydrogens is 1470 g/mol. The third kappa shape index (κ3) is 20.1. The summed E-state index contributed by atoms with van der Waals surface area (Å²) in [5.41, 5.74) is 8.68. The second kappa shape index (κ2) is 39.1. The highest BCUT2D eigenvalue weighted by atomic mass is 35.5. The van der Waals surface area contributed by atoms with Gasteiger partial charge in [-0.15, -0.1) is 0 Å². The van der Waals surface area contributed by atoms with Gasteiger partial charge in [-0.3, -0.25) is 0 Å². The monoisotopic (exact) mass is 1560 g/mol. The third-order valence-corrected chi connectivity index (χ3v) is 24.6. The van der Waals surface area contributed by atoms with Gasteiger partial charge in [-0.25, -0.2) is 8.78 Å². The molecule has 2 saturated heterocycles. The summed E-state index contributed by atoms with van der Waals surface area (Å²) in [6.07, 6.45) is -11.3. The fraction of sp³-hybridized carbons (Fsp3) is 0.348. The third-order valence-electron chi connectivity index (χ3n) is 21.0. The van der Waals surface area contributed by atoms with Crippen molar-refractivity contribution < 1.29 is 75.5 Å². The van der Waals surface area contributed by atoms with Crippen LogP contribution >= 0.6 is 23.2 Å². The standard InChI is InChI=1S/C92H99Cl2F2O14Si/c1-9-100-78-47-41-68(51-76(78)95)49-70-53-72(43-45-74(70)93)91(98-5)88(106-59-66-37-25-15-26-38-66)85(104-57-64-33-21-13-22-34-64)82(102-55-62-29-17-11-18-30-62)80(109-91)61-108-87(90(3,4)111(7)8)81(97)83-84(103-56-63-31-19-12-20-32-63)86(105-58-65-35-23-14-24-36-65)89(107-60-67-39-27-16-28-40-67)92(99-6,110-83)73-44-46-75(94)71(54-73)50-69-42-48-79(101-10-2)77(96)52-69/h11-48,51-54,80-89,97H,9-10,49-50,55-61H2,1-8H3/t80-,81?,82-,83-,84-,85+,86+,87?,88-,89-,91+,92+/m1/s1. The van der Waals surface area contributed by atoms with Gasteiger partial charge >= 0.3 is 0 Å². The van der Waals surface area contributed by atoms with Crippen molar-refractivity contribution in [1.29, 1.82) is 0 Å². The highest BCUT2D eigenvalue weighted by Crippen LogP contribution is 2.50. The number of ether oxygens (including phenoxy) is 13. The Hall–Kier alpha value is -8.02. The topological polar surface area (TPSA) is 140 Å². The summed E-state index contributed by atoms with van der Waals surface area (Å²) in [5, 5.41) is 14.5. The minimum absolute atomic E-state index is 0.0563. The zero-order valence-corrected chi connectivity index (χ0v) is 66.6. The van der Waals surface area contributed by atoms with Crippen molar-refractivity contribution in [1.82, 2.24) is 0 Å². The zero-order valence-electron chi connectivity index (χ0n) is 64.1. The van der Waals surface area contributed by atoms with Crippen LogP contribution in [0.2, 0.25) is 28.2 Å². The first-order valence-electron chi connectivity index (χ1n) is 37.8. The average molecular weight is 1570 g/mol. The van der Waals surface area contributed by atoms with E-state index in [1.54, 1.807) is 45.4 Å². The van der Waals surface area contributed by atoms with E-state index in [2.05, 4.69) is 26.9 Å². The second-order valence-corrected chi connectivity index (χ2v) is 32.9. The lowest BCUT2D eigenvalue weighted by Gasteiger charge is -2.55. The molecule has 583 valence electrons. The van der Waals surface area contributed by atoms with Gasteiger partial charge in [0.05, 0.1) is 74.4 Å². The largest absolute Gasteiger partial charge is 0.491 e. The summed E-state index contributed by atoms with van der Waals surface area (Å²) in [7, 11) is 1.59. The van der Waals surface area contributed by atoms with E-state index in [-0.39, 0.29) is 70.6 Å². The molecule has 2 aliphatic rings. The molecule has 0 aliphatic carbocycles. The first-order chi connectivity index (χ1) is 53.9. The van der Waals surface area contributed by atoms with Gasteiger partial charge in [-0.05, 0) is 136 Å². The van der Waals surface area contributed by atoms with E-state index in [0.717, 1.165) is 33.4 Å². The molecule has 2 heterocycles. The Morgan fingerprint density at radius 1 is 0.432 bits per heavy atom. The zero-order chi connectivity index (χ0) is 77.9. The van der Waals surface area contributed by atoms with E-state index in [0.29, 0.717) is 56.6 Å². The Labute approximate surface area is 663 Å². The van der Waals surface area contributed by atoms with E-state index in [4.69, 9.17) is 84.8 Å². The Balaban J connectivity index is 1.02. The predicted octanol–water partition coefficient (Wildman–Crippen LogP) is 19.1. The maximum Gasteiger partial charge on any atom is 0.225 e. The molecule has 12 atom stereocenters. The van der Waals surface area contributed by atoms with Crippen LogP contribution in [-0.4, -0.2) is 109 Å². The van der Waals surface area contributed by atoms with Crippen molar-refractivity contribution in [2.45, 2.75) is 171 Å². The van der Waals surface area contributed by atoms with Crippen LogP contribution in [0.5, 0.6) is 11.5 Å². The number of hydrogen-bond donors (Lipinski definition) is 1. The van der Waals surface area contributed by atoms with Crippen molar-refractivity contribution in [2.75, 3.05) is 34.0 Å². The molecule has 111 heavy (non-hydrogen) atoms. The fourth-order valence-electron chi connectivity index (χ4n) is 14.6. The molecule has 0 aromatic heterocycles. The quantitative estimate of drug-likeness (QED) is 0.0369. The van der Waals surface area contributed by atoms with Gasteiger partial charge in [0.1, 0.15) is 54.9 Å². The van der Waals surface area contributed by atoms with Crippen LogP contribution in [0, 0.1) is 11.6 Å². The van der Waals surface area contributed by atoms with Gasteiger partial charge in [0.15, 0.2) is 23.1 Å². The van der Waals surface area contributed by atoms with E-state index in [1.165, 1.54) is 12.1 Å². The number of methoxy groups -OCH3 is 2. The lowest BCUT2D eigenvalue weighted by molar-refractivity contribution is -0.397. The highest BCUT2D eigenvalue weighted by molar-refractivity contribution is 6.59. The van der Waals surface area contributed by atoms with Crippen LogP contribution < -0.4 is 9.47 Å². The van der Waals surface area contributed by atoms with Crippen LogP contribution in [0.25, 0.3) is 0 Å². The summed E-state index contributed by atoms with van der Waals surface area (Å²) in [5.74, 6) is -4.54. The second-order valence-electron chi connectivity index (χ2n) is 28.8. The van der Waals surface area contributed by atoms with Gasteiger partial charge in [-0.2, -0.15) is 0 Å². The lowest BCUT2D eigenvalue weighted by Crippen LogP contribution is -2.69. The summed E-state index contributed by atoms with van der Waals surface area (Å²) >= 11 is 14.5. The number of aliphatic hydroxyl groups excluding tert-OH is 1. The molecule has 0 saturated carbocycles. The number of benzene rings is 10. The van der Waals surface area contributed by atoms with E-state index in [9.17, 15) is 5.11 Å². The molecule has 2 fully saturated rings. The summed E-state index contributed by atoms with van der Waals surface area (Å²) in [4.78, 5) is 0. The first-order valence-corrected chi connectivity index (χ1v) is 41.1. The molecule has 19 heteroatoms. The molecule has 0 amide bonds. The molecule has 10 aromatic rings. The Morgan fingerprint density at radius 3 is 1.13 bits per heavy atom. The predicted molar refractivity (Wildman–Crippen MR) is 428 cm³/mol. The van der Waals surface area contributed by atoms with Crippen molar-refractivity contribution >= 4 is 32.0 Å². The molecule has 2 aliphatic heterocycles. The van der Waals surface area contributed by atoms with Crippen LogP contribution in [0.3, 0.4) is 0 Å². The molecule has 2 unspecified atom stereocenters. The number of rotatable bonds is 37. The van der Waals surface area contributed by atoms with Crippen molar-refractivity contribution in [3.63, 3.8) is 0 Å². The van der Waals surface area contributed by atoms with E-state index < -0.39 is 98.1 Å². The minimum atomic E-state index is -1.95. The van der Waals surface area contributed by atoms with Crippen molar-refractivity contribution in [3.8, 4) is 11.5 Å². The fourth-order valence-corrected chi connectivity index (χ4v) is 15.8. The molecule has 1 radical (unpaired) electrons. The molecule has 0 spiro atoms. The van der Waals surface area contributed by atoms with Crippen LogP contribution in [0.15, 0.2) is 255 Å². The lowest BCUT2D eigenvalue weighted by atomic mass is 9.82. The van der Waals surface area contributed by atoms with Gasteiger partial charge in [0.2, 0.25) is 11.6 Å². The smallest absolute Gasteiger partial charge is 0.225 e. The van der Waals surface area contributed by atoms with E-state index in [1.807, 2.05) is 225 Å². The van der Waals surface area contributed by atoms with E-state index >= 15 is 8.78 Å². The maximum atomic E-state index is 15.8. The van der Waals surface area contributed by atoms with Crippen LogP contribution in [-0.2, 0) is 116 Å². The summed E-state index contributed by atoms with van der Waals surface area (Å²) in [6, 6.07) is 79.7. The molecule has 12 rings (SSSR count). The highest BCUT2D eigenvalue weighted by Gasteiger charge is 2.63. The number of halogens is 4. The molecule has 1 N–H and O–H groups in total.